The van der Waals surface area contributed by atoms with Crippen LogP contribution in [0.1, 0.15) is 37.2 Å². The molecule has 4 aromatic carbocycles. The van der Waals surface area contributed by atoms with Gasteiger partial charge in [0.05, 0.1) is 13.2 Å². The van der Waals surface area contributed by atoms with E-state index in [0.717, 1.165) is 37.1 Å². The molecule has 1 saturated heterocycles. The molecule has 0 saturated carbocycles. The number of unbranched alkanes of at least 4 members (excludes halogenated alkanes) is 1. The summed E-state index contributed by atoms with van der Waals surface area (Å²) in [6, 6.07) is 12.2. The van der Waals surface area contributed by atoms with Gasteiger partial charge in [-0.2, -0.15) is 8.78 Å². The van der Waals surface area contributed by atoms with Gasteiger partial charge in [-0.3, -0.25) is 0 Å². The Bertz CT molecular complexity index is 1700. The standard InChI is InChI=1S/C34H27F9O5/c1-2-3-12-44-24-17-45-32(46-18-24)22-15-28(37)31(29(38)16-22)33(39,40)47-23-8-4-19(5-9-23)20-6-10-25(26(35)13-20)21-7-11-30(27(36)14-21)48-34(41,42)43/h4-11,13-16,24,32H,2-3,12,17-18H2,1H3. The third-order valence-corrected chi connectivity index (χ3v) is 7.22. The van der Waals surface area contributed by atoms with Gasteiger partial charge >= 0.3 is 12.5 Å². The van der Waals surface area contributed by atoms with Crippen molar-refractivity contribution in [1.29, 1.82) is 0 Å². The van der Waals surface area contributed by atoms with Gasteiger partial charge < -0.3 is 23.7 Å². The minimum atomic E-state index is -5.11. The molecule has 1 aliphatic rings. The Kier molecular flexibility index (Phi) is 10.6. The Hall–Kier alpha value is -4.27. The molecular weight excluding hydrogens is 659 g/mol. The van der Waals surface area contributed by atoms with Crippen molar-refractivity contribution < 1.29 is 63.2 Å². The summed E-state index contributed by atoms with van der Waals surface area (Å²) in [5.41, 5.74) is -1.39. The number of ether oxygens (including phenoxy) is 5. The summed E-state index contributed by atoms with van der Waals surface area (Å²) in [5.74, 6) is -6.93. The zero-order valence-electron chi connectivity index (χ0n) is 25.1. The fourth-order valence-corrected chi connectivity index (χ4v) is 4.89. The van der Waals surface area contributed by atoms with E-state index in [2.05, 4.69) is 9.47 Å². The van der Waals surface area contributed by atoms with Crippen LogP contribution in [-0.2, 0) is 20.3 Å². The van der Waals surface area contributed by atoms with Crippen LogP contribution in [0.25, 0.3) is 22.3 Å². The van der Waals surface area contributed by atoms with Crippen LogP contribution in [-0.4, -0.2) is 32.3 Å². The molecule has 5 nitrogen and oxygen atoms in total. The Morgan fingerprint density at radius 3 is 1.88 bits per heavy atom. The van der Waals surface area contributed by atoms with E-state index in [0.29, 0.717) is 36.4 Å². The lowest BCUT2D eigenvalue weighted by molar-refractivity contribution is -0.275. The third kappa shape index (κ3) is 8.41. The van der Waals surface area contributed by atoms with Crippen molar-refractivity contribution >= 4 is 0 Å². The van der Waals surface area contributed by atoms with Crippen LogP contribution in [0.4, 0.5) is 39.5 Å². The van der Waals surface area contributed by atoms with Gasteiger partial charge in [0.15, 0.2) is 17.9 Å². The minimum absolute atomic E-state index is 0.0654. The summed E-state index contributed by atoms with van der Waals surface area (Å²) in [5, 5.41) is 0. The van der Waals surface area contributed by atoms with Gasteiger partial charge in [-0.05, 0) is 65.6 Å². The number of rotatable bonds is 11. The number of alkyl halides is 5. The molecule has 4 aromatic rings. The summed E-state index contributed by atoms with van der Waals surface area (Å²) in [6.07, 6.45) is -9.34. The predicted octanol–water partition coefficient (Wildman–Crippen LogP) is 9.83. The average Bonchev–Trinajstić information content (AvgIpc) is 3.01. The van der Waals surface area contributed by atoms with Gasteiger partial charge in [0.25, 0.3) is 0 Å². The molecule has 0 aliphatic carbocycles. The molecule has 0 bridgehead atoms. The normalized spacial score (nSPS) is 17.0. The van der Waals surface area contributed by atoms with Crippen molar-refractivity contribution in [3.8, 4) is 33.8 Å². The molecule has 0 unspecified atom stereocenters. The first-order chi connectivity index (χ1) is 22.7. The van der Waals surface area contributed by atoms with Crippen molar-refractivity contribution in [3.05, 3.63) is 107 Å². The second-order valence-electron chi connectivity index (χ2n) is 10.7. The molecule has 1 aliphatic heterocycles. The number of hydrogen-bond donors (Lipinski definition) is 0. The quantitative estimate of drug-likeness (QED) is 0.116. The van der Waals surface area contributed by atoms with Crippen LogP contribution in [0.15, 0.2) is 72.8 Å². The monoisotopic (exact) mass is 686 g/mol. The van der Waals surface area contributed by atoms with Gasteiger partial charge in [0.1, 0.15) is 34.9 Å². The van der Waals surface area contributed by atoms with Gasteiger partial charge in [0, 0.05) is 17.7 Å². The zero-order valence-corrected chi connectivity index (χ0v) is 25.1. The number of halogens is 9. The first-order valence-electron chi connectivity index (χ1n) is 14.6. The molecule has 14 heteroatoms. The molecule has 5 rings (SSSR count). The van der Waals surface area contributed by atoms with Crippen molar-refractivity contribution in [1.82, 2.24) is 0 Å². The van der Waals surface area contributed by atoms with Crippen LogP contribution in [0, 0.1) is 23.3 Å². The summed E-state index contributed by atoms with van der Waals surface area (Å²) in [6.45, 7) is 2.67. The maximum atomic E-state index is 15.0. The summed E-state index contributed by atoms with van der Waals surface area (Å²) >= 11 is 0. The van der Waals surface area contributed by atoms with Crippen LogP contribution in [0.2, 0.25) is 0 Å². The summed E-state index contributed by atoms with van der Waals surface area (Å²) < 4.78 is 151. The van der Waals surface area contributed by atoms with Crippen molar-refractivity contribution in [2.75, 3.05) is 19.8 Å². The molecule has 256 valence electrons. The second-order valence-corrected chi connectivity index (χ2v) is 10.7. The van der Waals surface area contributed by atoms with Crippen molar-refractivity contribution in [3.63, 3.8) is 0 Å². The van der Waals surface area contributed by atoms with E-state index in [9.17, 15) is 30.7 Å². The molecule has 0 amide bonds. The van der Waals surface area contributed by atoms with E-state index in [-0.39, 0.29) is 41.6 Å². The lowest BCUT2D eigenvalue weighted by atomic mass is 9.99. The number of benzene rings is 4. The van der Waals surface area contributed by atoms with Gasteiger partial charge in [-0.1, -0.05) is 43.7 Å². The topological polar surface area (TPSA) is 46.2 Å². The minimum Gasteiger partial charge on any atom is -0.429 e. The molecule has 48 heavy (non-hydrogen) atoms. The lowest BCUT2D eigenvalue weighted by Gasteiger charge is -2.30. The van der Waals surface area contributed by atoms with Crippen LogP contribution >= 0.6 is 0 Å². The highest BCUT2D eigenvalue weighted by atomic mass is 19.4. The summed E-state index contributed by atoms with van der Waals surface area (Å²) in [4.78, 5) is 0. The highest BCUT2D eigenvalue weighted by Gasteiger charge is 2.42. The predicted molar refractivity (Wildman–Crippen MR) is 154 cm³/mol. The van der Waals surface area contributed by atoms with E-state index in [1.165, 1.54) is 24.3 Å². The van der Waals surface area contributed by atoms with Crippen LogP contribution in [0.3, 0.4) is 0 Å². The maximum Gasteiger partial charge on any atom is 0.573 e. The van der Waals surface area contributed by atoms with Gasteiger partial charge in [-0.15, -0.1) is 13.2 Å². The average molecular weight is 687 g/mol. The highest BCUT2D eigenvalue weighted by Crippen LogP contribution is 2.38. The van der Waals surface area contributed by atoms with E-state index < -0.39 is 59.1 Å². The molecule has 0 radical (unpaired) electrons. The Balaban J connectivity index is 1.25. The fourth-order valence-electron chi connectivity index (χ4n) is 4.89. The molecule has 0 N–H and O–H groups in total. The third-order valence-electron chi connectivity index (χ3n) is 7.22. The van der Waals surface area contributed by atoms with E-state index in [4.69, 9.17) is 14.2 Å². The molecule has 0 spiro atoms. The van der Waals surface area contributed by atoms with E-state index in [1.54, 1.807) is 0 Å². The SMILES string of the molecule is CCCCOC1COC(c2cc(F)c(C(F)(F)Oc3ccc(-c4ccc(-c5ccc(OC(F)(F)F)c(F)c5)c(F)c4)cc3)c(F)c2)OC1. The Labute approximate surface area is 268 Å². The van der Waals surface area contributed by atoms with E-state index in [1.807, 2.05) is 6.92 Å². The molecular formula is C34H27F9O5. The summed E-state index contributed by atoms with van der Waals surface area (Å²) in [7, 11) is 0. The molecule has 0 atom stereocenters. The lowest BCUT2D eigenvalue weighted by Crippen LogP contribution is -2.34. The Morgan fingerprint density at radius 1 is 0.688 bits per heavy atom. The molecule has 0 aromatic heterocycles. The first kappa shape index (κ1) is 35.0. The van der Waals surface area contributed by atoms with Crippen LogP contribution in [0.5, 0.6) is 11.5 Å². The van der Waals surface area contributed by atoms with Crippen molar-refractivity contribution in [2.45, 2.75) is 44.6 Å². The smallest absolute Gasteiger partial charge is 0.429 e. The van der Waals surface area contributed by atoms with E-state index >= 15 is 8.78 Å². The van der Waals surface area contributed by atoms with Crippen LogP contribution < -0.4 is 9.47 Å². The number of hydrogen-bond acceptors (Lipinski definition) is 5. The Morgan fingerprint density at radius 2 is 1.29 bits per heavy atom. The molecule has 1 heterocycles. The largest absolute Gasteiger partial charge is 0.573 e. The van der Waals surface area contributed by atoms with Gasteiger partial charge in [-0.25, -0.2) is 17.6 Å². The first-order valence-corrected chi connectivity index (χ1v) is 14.6. The second kappa shape index (κ2) is 14.5. The molecule has 1 fully saturated rings. The zero-order chi connectivity index (χ0) is 34.6. The fraction of sp³-hybridized carbons (Fsp3) is 0.294. The highest BCUT2D eigenvalue weighted by molar-refractivity contribution is 5.71. The van der Waals surface area contributed by atoms with Gasteiger partial charge in [0.2, 0.25) is 0 Å². The maximum absolute atomic E-state index is 15.0. The van der Waals surface area contributed by atoms with Crippen molar-refractivity contribution in [2.24, 2.45) is 0 Å².